The van der Waals surface area contributed by atoms with Gasteiger partial charge in [0.15, 0.2) is 0 Å². The lowest BCUT2D eigenvalue weighted by molar-refractivity contribution is 0.666. The Balaban J connectivity index is 1.07. The van der Waals surface area contributed by atoms with Gasteiger partial charge in [0.25, 0.3) is 0 Å². The van der Waals surface area contributed by atoms with Gasteiger partial charge in [0.1, 0.15) is 11.2 Å². The Bertz CT molecular complexity index is 3590. The number of furan rings is 1. The summed E-state index contributed by atoms with van der Waals surface area (Å²) in [5.74, 6) is 0. The van der Waals surface area contributed by atoms with E-state index in [1.165, 1.54) is 72.1 Å². The first-order chi connectivity index (χ1) is 31.5. The van der Waals surface area contributed by atoms with Crippen molar-refractivity contribution >= 4 is 49.8 Å². The SMILES string of the molecule is CC1(C)c2ccccc2-c2c(N(c3ccc(-c4ccc5c(c4)oc4ccccc45)cc3)c3ccc4c(c3)C(c3ccccc3)(c3ccccc3)c3ccccc3-4)cc3ccccc3c21. The maximum absolute atomic E-state index is 6.35. The lowest BCUT2D eigenvalue weighted by Crippen LogP contribution is -2.28. The summed E-state index contributed by atoms with van der Waals surface area (Å²) in [6.45, 7) is 4.79. The van der Waals surface area contributed by atoms with Crippen molar-refractivity contribution in [3.05, 3.63) is 258 Å². The van der Waals surface area contributed by atoms with Crippen LogP contribution in [0.15, 0.2) is 229 Å². The second kappa shape index (κ2) is 13.8. The zero-order valence-corrected chi connectivity index (χ0v) is 35.7. The Labute approximate surface area is 373 Å². The number of rotatable bonds is 6. The monoisotopic (exact) mass is 817 g/mol. The van der Waals surface area contributed by atoms with Gasteiger partial charge in [-0.3, -0.25) is 0 Å². The van der Waals surface area contributed by atoms with Crippen LogP contribution in [0.3, 0.4) is 0 Å². The van der Waals surface area contributed by atoms with Gasteiger partial charge in [0, 0.05) is 33.1 Å². The summed E-state index contributed by atoms with van der Waals surface area (Å²) in [6, 6.07) is 82.9. The summed E-state index contributed by atoms with van der Waals surface area (Å²) in [5.41, 5.74) is 19.6. The van der Waals surface area contributed by atoms with E-state index in [4.69, 9.17) is 4.42 Å². The quantitative estimate of drug-likeness (QED) is 0.166. The van der Waals surface area contributed by atoms with Gasteiger partial charge in [-0.05, 0) is 121 Å². The van der Waals surface area contributed by atoms with E-state index in [2.05, 4.69) is 231 Å². The molecule has 0 saturated carbocycles. The van der Waals surface area contributed by atoms with E-state index < -0.39 is 5.41 Å². The summed E-state index contributed by atoms with van der Waals surface area (Å²) in [4.78, 5) is 2.53. The van der Waals surface area contributed by atoms with Gasteiger partial charge in [0.2, 0.25) is 0 Å². The van der Waals surface area contributed by atoms with Crippen LogP contribution in [0, 0.1) is 0 Å². The number of fused-ring (bicyclic) bond motifs is 11. The van der Waals surface area contributed by atoms with Gasteiger partial charge >= 0.3 is 0 Å². The lowest BCUT2D eigenvalue weighted by Gasteiger charge is -2.35. The molecule has 0 saturated heterocycles. The predicted molar refractivity (Wildman–Crippen MR) is 266 cm³/mol. The van der Waals surface area contributed by atoms with E-state index in [9.17, 15) is 0 Å². The van der Waals surface area contributed by atoms with Crippen LogP contribution >= 0.6 is 0 Å². The van der Waals surface area contributed by atoms with E-state index >= 15 is 0 Å². The highest BCUT2D eigenvalue weighted by atomic mass is 16.3. The first-order valence-electron chi connectivity index (χ1n) is 22.3. The van der Waals surface area contributed by atoms with Crippen molar-refractivity contribution in [2.75, 3.05) is 4.90 Å². The molecule has 302 valence electrons. The summed E-state index contributed by atoms with van der Waals surface area (Å²) in [5, 5.41) is 4.81. The van der Waals surface area contributed by atoms with Crippen molar-refractivity contribution in [1.82, 2.24) is 0 Å². The maximum atomic E-state index is 6.35. The van der Waals surface area contributed by atoms with E-state index in [0.717, 1.165) is 44.4 Å². The molecule has 0 atom stereocenters. The van der Waals surface area contributed by atoms with Crippen molar-refractivity contribution in [3.8, 4) is 33.4 Å². The molecule has 0 radical (unpaired) electrons. The molecule has 1 heterocycles. The molecule has 64 heavy (non-hydrogen) atoms. The van der Waals surface area contributed by atoms with Crippen LogP contribution in [0.25, 0.3) is 66.1 Å². The standard InChI is InChI=1S/C62H43NO/c1-61(2)53-26-14-12-25-52(53)59-56(37-42-17-9-10-22-47(42)60(59)61)63(45-32-29-40(30-33-45)41-31-35-51-50-24-13-16-28-57(50)64-58(51)38-41)46-34-36-49-48-23-11-15-27-54(48)62(55(49)39-46,43-18-5-3-6-19-43)44-20-7-4-8-21-44/h3-39H,1-2H3. The molecular formula is C62H43NO. The van der Waals surface area contributed by atoms with Crippen LogP contribution < -0.4 is 4.90 Å². The van der Waals surface area contributed by atoms with Crippen LogP contribution in [0.5, 0.6) is 0 Å². The van der Waals surface area contributed by atoms with Crippen LogP contribution in [-0.4, -0.2) is 0 Å². The molecule has 2 aliphatic carbocycles. The number of hydrogen-bond donors (Lipinski definition) is 0. The number of nitrogens with zero attached hydrogens (tertiary/aromatic N) is 1. The van der Waals surface area contributed by atoms with E-state index in [-0.39, 0.29) is 5.41 Å². The van der Waals surface area contributed by atoms with Gasteiger partial charge < -0.3 is 9.32 Å². The number of hydrogen-bond acceptors (Lipinski definition) is 2. The topological polar surface area (TPSA) is 16.4 Å². The van der Waals surface area contributed by atoms with Gasteiger partial charge in [-0.2, -0.15) is 0 Å². The van der Waals surface area contributed by atoms with E-state index in [0.29, 0.717) is 0 Å². The molecule has 0 aliphatic heterocycles. The first kappa shape index (κ1) is 36.7. The zero-order chi connectivity index (χ0) is 42.6. The Morgan fingerprint density at radius 3 is 1.73 bits per heavy atom. The van der Waals surface area contributed by atoms with Crippen LogP contribution in [0.2, 0.25) is 0 Å². The fourth-order valence-electron chi connectivity index (χ4n) is 11.5. The molecule has 13 rings (SSSR count). The highest BCUT2D eigenvalue weighted by Crippen LogP contribution is 2.60. The minimum absolute atomic E-state index is 0.207. The second-order valence-electron chi connectivity index (χ2n) is 18.0. The van der Waals surface area contributed by atoms with Gasteiger partial charge in [-0.25, -0.2) is 0 Å². The van der Waals surface area contributed by atoms with Crippen molar-refractivity contribution in [1.29, 1.82) is 0 Å². The van der Waals surface area contributed by atoms with Crippen LogP contribution in [0.4, 0.5) is 17.1 Å². The summed E-state index contributed by atoms with van der Waals surface area (Å²) in [7, 11) is 0. The average Bonchev–Trinajstić information content (AvgIpc) is 3.96. The Morgan fingerprint density at radius 1 is 0.391 bits per heavy atom. The number of anilines is 3. The van der Waals surface area contributed by atoms with Crippen molar-refractivity contribution < 1.29 is 4.42 Å². The highest BCUT2D eigenvalue weighted by molar-refractivity contribution is 6.07. The van der Waals surface area contributed by atoms with E-state index in [1.54, 1.807) is 0 Å². The lowest BCUT2D eigenvalue weighted by atomic mass is 9.67. The smallest absolute Gasteiger partial charge is 0.136 e. The molecule has 2 aliphatic rings. The minimum Gasteiger partial charge on any atom is -0.456 e. The molecule has 2 heteroatoms. The summed E-state index contributed by atoms with van der Waals surface area (Å²) >= 11 is 0. The second-order valence-corrected chi connectivity index (χ2v) is 18.0. The fourth-order valence-corrected chi connectivity index (χ4v) is 11.5. The van der Waals surface area contributed by atoms with Crippen molar-refractivity contribution in [2.24, 2.45) is 0 Å². The Kier molecular flexibility index (Phi) is 7.90. The molecule has 0 fully saturated rings. The Morgan fingerprint density at radius 2 is 0.969 bits per heavy atom. The minimum atomic E-state index is -0.533. The van der Waals surface area contributed by atoms with E-state index in [1.807, 2.05) is 12.1 Å². The number of benzene rings is 10. The zero-order valence-electron chi connectivity index (χ0n) is 35.7. The normalized spacial score (nSPS) is 14.0. The van der Waals surface area contributed by atoms with Crippen LogP contribution in [-0.2, 0) is 10.8 Å². The first-order valence-corrected chi connectivity index (χ1v) is 22.3. The van der Waals surface area contributed by atoms with Crippen LogP contribution in [0.1, 0.15) is 47.2 Å². The molecular weight excluding hydrogens is 775 g/mol. The van der Waals surface area contributed by atoms with Crippen molar-refractivity contribution in [2.45, 2.75) is 24.7 Å². The maximum Gasteiger partial charge on any atom is 0.136 e. The summed E-state index contributed by atoms with van der Waals surface area (Å²) < 4.78 is 6.35. The highest BCUT2D eigenvalue weighted by Gasteiger charge is 2.47. The molecule has 0 unspecified atom stereocenters. The third-order valence-electron chi connectivity index (χ3n) is 14.3. The fraction of sp³-hybridized carbons (Fsp3) is 0.0645. The van der Waals surface area contributed by atoms with Gasteiger partial charge in [-0.15, -0.1) is 0 Å². The largest absolute Gasteiger partial charge is 0.456 e. The molecule has 0 amide bonds. The molecule has 2 nitrogen and oxygen atoms in total. The molecule has 1 aromatic heterocycles. The number of para-hydroxylation sites is 1. The third kappa shape index (κ3) is 5.14. The Hall–Kier alpha value is -7.94. The summed E-state index contributed by atoms with van der Waals surface area (Å²) in [6.07, 6.45) is 0. The average molecular weight is 818 g/mol. The van der Waals surface area contributed by atoms with Gasteiger partial charge in [0.05, 0.1) is 11.1 Å². The molecule has 0 spiro atoms. The van der Waals surface area contributed by atoms with Crippen molar-refractivity contribution in [3.63, 3.8) is 0 Å². The molecule has 0 N–H and O–H groups in total. The molecule has 0 bridgehead atoms. The predicted octanol–water partition coefficient (Wildman–Crippen LogP) is 16.5. The van der Waals surface area contributed by atoms with Gasteiger partial charge in [-0.1, -0.05) is 190 Å². The third-order valence-corrected chi connectivity index (χ3v) is 14.3. The molecule has 10 aromatic carbocycles. The molecule has 11 aromatic rings.